The summed E-state index contributed by atoms with van der Waals surface area (Å²) in [6, 6.07) is 13.1. The second kappa shape index (κ2) is 6.68. The van der Waals surface area contributed by atoms with Crippen LogP contribution in [0.15, 0.2) is 54.7 Å². The first-order chi connectivity index (χ1) is 12.6. The lowest BCUT2D eigenvalue weighted by atomic mass is 10.1. The third kappa shape index (κ3) is 2.97. The Morgan fingerprint density at radius 2 is 2.00 bits per heavy atom. The van der Waals surface area contributed by atoms with Crippen molar-refractivity contribution in [2.24, 2.45) is 0 Å². The third-order valence-corrected chi connectivity index (χ3v) is 4.57. The lowest BCUT2D eigenvalue weighted by molar-refractivity contribution is -0.382. The van der Waals surface area contributed by atoms with Gasteiger partial charge in [-0.05, 0) is 42.0 Å². The topological polar surface area (TPSA) is 68.5 Å². The molecule has 2 aromatic carbocycles. The number of ether oxygens (including phenoxy) is 1. The first-order valence-corrected chi connectivity index (χ1v) is 8.27. The van der Waals surface area contributed by atoms with E-state index < -0.39 is 0 Å². The normalized spacial score (nSPS) is 17.4. The maximum absolute atomic E-state index is 13.2. The van der Waals surface area contributed by atoms with Crippen molar-refractivity contribution in [2.45, 2.75) is 6.10 Å². The van der Waals surface area contributed by atoms with E-state index in [1.54, 1.807) is 42.6 Å². The minimum absolute atomic E-state index is 0.0513. The van der Waals surface area contributed by atoms with Crippen LogP contribution in [-0.2, 0) is 4.74 Å². The van der Waals surface area contributed by atoms with E-state index in [0.717, 1.165) is 5.56 Å². The zero-order valence-electron chi connectivity index (χ0n) is 13.8. The van der Waals surface area contributed by atoms with E-state index in [2.05, 4.69) is 4.98 Å². The van der Waals surface area contributed by atoms with Gasteiger partial charge in [-0.2, -0.15) is 0 Å². The molecule has 1 aromatic heterocycles. The number of hydrogen-bond donors (Lipinski definition) is 0. The number of nitrogens with zero attached hydrogens (tertiary/aromatic N) is 3. The molecular weight excluding hydrogens is 337 g/mol. The van der Waals surface area contributed by atoms with Crippen molar-refractivity contribution in [1.29, 1.82) is 0 Å². The van der Waals surface area contributed by atoms with Gasteiger partial charge in [0.05, 0.1) is 22.4 Å². The second-order valence-electron chi connectivity index (χ2n) is 6.12. The zero-order chi connectivity index (χ0) is 18.1. The Morgan fingerprint density at radius 1 is 1.19 bits per heavy atom. The number of anilines is 1. The summed E-state index contributed by atoms with van der Waals surface area (Å²) in [6.07, 6.45) is 1.35. The highest BCUT2D eigenvalue weighted by atomic mass is 19.1. The molecule has 0 radical (unpaired) electrons. The van der Waals surface area contributed by atoms with Crippen LogP contribution in [-0.4, -0.2) is 29.6 Å². The van der Waals surface area contributed by atoms with Crippen LogP contribution in [0.4, 0.5) is 15.8 Å². The minimum Gasteiger partial charge on any atom is -0.370 e. The van der Waals surface area contributed by atoms with Crippen LogP contribution in [0, 0.1) is 15.9 Å². The Bertz CT molecular complexity index is 962. The first-order valence-electron chi connectivity index (χ1n) is 8.27. The van der Waals surface area contributed by atoms with Crippen LogP contribution in [0.2, 0.25) is 0 Å². The molecule has 0 spiro atoms. The summed E-state index contributed by atoms with van der Waals surface area (Å²) in [6.45, 7) is 1.44. The fraction of sp³-hybridized carbons (Fsp3) is 0.211. The van der Waals surface area contributed by atoms with Crippen molar-refractivity contribution in [2.75, 3.05) is 24.6 Å². The number of morpholine rings is 1. The van der Waals surface area contributed by atoms with Crippen LogP contribution >= 0.6 is 0 Å². The molecule has 3 aromatic rings. The van der Waals surface area contributed by atoms with Crippen LogP contribution in [0.5, 0.6) is 0 Å². The molecular formula is C19H16FN3O3. The number of hydrogen-bond acceptors (Lipinski definition) is 5. The summed E-state index contributed by atoms with van der Waals surface area (Å²) >= 11 is 0. The standard InChI is InChI=1S/C19H16FN3O3/c20-14-5-3-13(4-6-14)18-12-22(10-11-26-18)17-8-7-16-15(2-1-9-21-16)19(17)23(24)25/h1-9,18H,10-12H2/t18-/m1/s1. The summed E-state index contributed by atoms with van der Waals surface area (Å²) in [4.78, 5) is 17.5. The van der Waals surface area contributed by atoms with Crippen molar-refractivity contribution in [3.63, 3.8) is 0 Å². The van der Waals surface area contributed by atoms with Gasteiger partial charge in [0.25, 0.3) is 0 Å². The zero-order valence-corrected chi connectivity index (χ0v) is 13.8. The van der Waals surface area contributed by atoms with E-state index in [1.807, 2.05) is 4.90 Å². The molecule has 7 heteroatoms. The number of pyridine rings is 1. The van der Waals surface area contributed by atoms with Gasteiger partial charge in [-0.1, -0.05) is 12.1 Å². The molecule has 1 fully saturated rings. The van der Waals surface area contributed by atoms with Gasteiger partial charge in [-0.15, -0.1) is 0 Å². The molecule has 132 valence electrons. The summed E-state index contributed by atoms with van der Waals surface area (Å²) in [5, 5.41) is 12.3. The average molecular weight is 353 g/mol. The monoisotopic (exact) mass is 353 g/mol. The number of aromatic nitrogens is 1. The van der Waals surface area contributed by atoms with Gasteiger partial charge >= 0.3 is 5.69 Å². The Balaban J connectivity index is 1.71. The van der Waals surface area contributed by atoms with Gasteiger partial charge in [-0.25, -0.2) is 4.39 Å². The smallest absolute Gasteiger partial charge is 0.301 e. The predicted molar refractivity (Wildman–Crippen MR) is 95.7 cm³/mol. The second-order valence-corrected chi connectivity index (χ2v) is 6.12. The van der Waals surface area contributed by atoms with Crippen molar-refractivity contribution in [3.05, 3.63) is 76.2 Å². The first kappa shape index (κ1) is 16.4. The van der Waals surface area contributed by atoms with Crippen LogP contribution in [0.25, 0.3) is 10.9 Å². The Kier molecular flexibility index (Phi) is 4.22. The minimum atomic E-state index is -0.359. The van der Waals surface area contributed by atoms with Gasteiger partial charge in [-0.3, -0.25) is 15.1 Å². The van der Waals surface area contributed by atoms with Crippen LogP contribution in [0.3, 0.4) is 0 Å². The molecule has 0 amide bonds. The van der Waals surface area contributed by atoms with Gasteiger partial charge in [0.15, 0.2) is 0 Å². The van der Waals surface area contributed by atoms with Crippen molar-refractivity contribution < 1.29 is 14.1 Å². The number of rotatable bonds is 3. The number of benzene rings is 2. The highest BCUT2D eigenvalue weighted by Crippen LogP contribution is 2.37. The van der Waals surface area contributed by atoms with E-state index in [0.29, 0.717) is 36.3 Å². The molecule has 6 nitrogen and oxygen atoms in total. The summed E-state index contributed by atoms with van der Waals surface area (Å²) in [5.74, 6) is -0.306. The lowest BCUT2D eigenvalue weighted by Crippen LogP contribution is -2.38. The molecule has 0 bridgehead atoms. The molecule has 0 N–H and O–H groups in total. The number of nitro benzene ring substituents is 1. The van der Waals surface area contributed by atoms with Gasteiger partial charge in [0.1, 0.15) is 17.6 Å². The average Bonchev–Trinajstić information content (AvgIpc) is 2.67. The van der Waals surface area contributed by atoms with Crippen molar-refractivity contribution in [3.8, 4) is 0 Å². The van der Waals surface area contributed by atoms with E-state index in [-0.39, 0.29) is 22.5 Å². The Labute approximate surface area is 149 Å². The van der Waals surface area contributed by atoms with E-state index >= 15 is 0 Å². The highest BCUT2D eigenvalue weighted by Gasteiger charge is 2.28. The van der Waals surface area contributed by atoms with E-state index in [1.165, 1.54) is 12.1 Å². The fourth-order valence-electron chi connectivity index (χ4n) is 3.32. The quantitative estimate of drug-likeness (QED) is 0.528. The Morgan fingerprint density at radius 3 is 2.77 bits per heavy atom. The van der Waals surface area contributed by atoms with Gasteiger partial charge in [0, 0.05) is 19.3 Å². The van der Waals surface area contributed by atoms with E-state index in [4.69, 9.17) is 4.74 Å². The number of fused-ring (bicyclic) bond motifs is 1. The Hall–Kier alpha value is -3.06. The molecule has 0 aliphatic carbocycles. The number of nitro groups is 1. The SMILES string of the molecule is O=[N+]([O-])c1c(N2CCO[C@@H](c3ccc(F)cc3)C2)ccc2ncccc12. The molecule has 1 aliphatic heterocycles. The largest absolute Gasteiger partial charge is 0.370 e. The fourth-order valence-corrected chi connectivity index (χ4v) is 3.32. The molecule has 1 aliphatic rings. The molecule has 1 saturated heterocycles. The molecule has 0 unspecified atom stereocenters. The van der Waals surface area contributed by atoms with E-state index in [9.17, 15) is 14.5 Å². The maximum atomic E-state index is 13.2. The third-order valence-electron chi connectivity index (χ3n) is 4.57. The highest BCUT2D eigenvalue weighted by molar-refractivity contribution is 5.94. The molecule has 0 saturated carbocycles. The lowest BCUT2D eigenvalue weighted by Gasteiger charge is -2.34. The van der Waals surface area contributed by atoms with Crippen LogP contribution < -0.4 is 4.90 Å². The molecule has 2 heterocycles. The molecule has 1 atom stereocenters. The van der Waals surface area contributed by atoms with Crippen molar-refractivity contribution >= 4 is 22.3 Å². The maximum Gasteiger partial charge on any atom is 0.301 e. The van der Waals surface area contributed by atoms with Crippen LogP contribution in [0.1, 0.15) is 11.7 Å². The summed E-state index contributed by atoms with van der Waals surface area (Å²) < 4.78 is 19.0. The predicted octanol–water partition coefficient (Wildman–Crippen LogP) is 3.86. The molecule has 26 heavy (non-hydrogen) atoms. The molecule has 4 rings (SSSR count). The van der Waals surface area contributed by atoms with Gasteiger partial charge < -0.3 is 9.64 Å². The van der Waals surface area contributed by atoms with Gasteiger partial charge in [0.2, 0.25) is 0 Å². The number of halogens is 1. The summed E-state index contributed by atoms with van der Waals surface area (Å²) in [7, 11) is 0. The van der Waals surface area contributed by atoms with Crippen molar-refractivity contribution in [1.82, 2.24) is 4.98 Å². The summed E-state index contributed by atoms with van der Waals surface area (Å²) in [5.41, 5.74) is 2.04.